The van der Waals surface area contributed by atoms with E-state index in [1.54, 1.807) is 0 Å². The number of hydrogen-bond acceptors (Lipinski definition) is 2. The Kier molecular flexibility index (Phi) is 2.42. The van der Waals surface area contributed by atoms with Crippen LogP contribution in [0.1, 0.15) is 5.56 Å². The number of rotatable bonds is 1. The number of anilines is 1. The first-order chi connectivity index (χ1) is 8.38. The van der Waals surface area contributed by atoms with Crippen LogP contribution in [0.4, 0.5) is 5.69 Å². The summed E-state index contributed by atoms with van der Waals surface area (Å²) in [7, 11) is 0. The van der Waals surface area contributed by atoms with Gasteiger partial charge in [-0.25, -0.2) is 0 Å². The van der Waals surface area contributed by atoms with Gasteiger partial charge in [0.15, 0.2) is 0 Å². The molecule has 2 heteroatoms. The molecule has 0 radical (unpaired) electrons. The van der Waals surface area contributed by atoms with E-state index in [2.05, 4.69) is 41.7 Å². The van der Waals surface area contributed by atoms with Crippen LogP contribution in [0.15, 0.2) is 48.5 Å². The lowest BCUT2D eigenvalue weighted by atomic mass is 10.1. The van der Waals surface area contributed by atoms with Gasteiger partial charge in [0.05, 0.1) is 0 Å². The molecule has 2 nitrogen and oxygen atoms in total. The maximum absolute atomic E-state index is 5.83. The summed E-state index contributed by atoms with van der Waals surface area (Å²) in [6.45, 7) is 0.513. The van der Waals surface area contributed by atoms with E-state index in [1.807, 2.05) is 18.2 Å². The molecule has 1 heterocycles. The largest absolute Gasteiger partial charge is 0.357 e. The van der Waals surface area contributed by atoms with Crippen molar-refractivity contribution in [3.05, 3.63) is 64.5 Å². The first-order valence-corrected chi connectivity index (χ1v) is 5.74. The van der Waals surface area contributed by atoms with Crippen LogP contribution in [-0.2, 0) is 0 Å². The third-order valence-electron chi connectivity index (χ3n) is 3.05. The number of benzene rings is 2. The van der Waals surface area contributed by atoms with Gasteiger partial charge in [-0.15, -0.1) is 0 Å². The molecule has 0 saturated carbocycles. The molecule has 2 aromatic rings. The second-order valence-corrected chi connectivity index (χ2v) is 4.13. The van der Waals surface area contributed by atoms with Gasteiger partial charge in [0.1, 0.15) is 0 Å². The van der Waals surface area contributed by atoms with Crippen LogP contribution in [0.5, 0.6) is 0 Å². The smallest absolute Gasteiger partial charge is 0.0456 e. The van der Waals surface area contributed by atoms with Crippen LogP contribution in [0.25, 0.3) is 11.8 Å². The number of para-hydroxylation sites is 1. The molecule has 0 amide bonds. The maximum atomic E-state index is 5.83. The quantitative estimate of drug-likeness (QED) is 0.755. The third-order valence-corrected chi connectivity index (χ3v) is 3.05. The van der Waals surface area contributed by atoms with E-state index in [-0.39, 0.29) is 0 Å². The Hall–Kier alpha value is -2.06. The average Bonchev–Trinajstić information content (AvgIpc) is 2.54. The van der Waals surface area contributed by atoms with Crippen molar-refractivity contribution in [2.75, 3.05) is 11.9 Å². The minimum atomic E-state index is 0.513. The van der Waals surface area contributed by atoms with E-state index in [0.717, 1.165) is 11.4 Å². The molecular weight excluding hydrogens is 208 g/mol. The highest BCUT2D eigenvalue weighted by Crippen LogP contribution is 2.18. The minimum absolute atomic E-state index is 0.513. The zero-order valence-electron chi connectivity index (χ0n) is 9.48. The molecule has 0 bridgehead atoms. The molecule has 0 unspecified atom stereocenters. The fourth-order valence-electron chi connectivity index (χ4n) is 2.19. The number of nitrogens with one attached hydrogen (secondary N) is 1. The van der Waals surface area contributed by atoms with E-state index in [1.165, 1.54) is 16.0 Å². The highest BCUT2D eigenvalue weighted by Gasteiger charge is 2.06. The topological polar surface area (TPSA) is 38.0 Å². The van der Waals surface area contributed by atoms with Crippen molar-refractivity contribution >= 4 is 17.5 Å². The summed E-state index contributed by atoms with van der Waals surface area (Å²) in [6, 6.07) is 16.6. The van der Waals surface area contributed by atoms with Crippen LogP contribution in [-0.4, -0.2) is 6.54 Å². The number of nitrogens with two attached hydrogens (primary N) is 1. The van der Waals surface area contributed by atoms with Crippen molar-refractivity contribution in [1.82, 2.24) is 0 Å². The van der Waals surface area contributed by atoms with Crippen molar-refractivity contribution in [3.8, 4) is 0 Å². The van der Waals surface area contributed by atoms with Gasteiger partial charge in [0.2, 0.25) is 0 Å². The molecule has 2 aromatic carbocycles. The predicted molar refractivity (Wildman–Crippen MR) is 71.8 cm³/mol. The van der Waals surface area contributed by atoms with Gasteiger partial charge in [-0.2, -0.15) is 0 Å². The molecular formula is C15H14N2. The molecule has 0 aromatic heterocycles. The van der Waals surface area contributed by atoms with Gasteiger partial charge in [0, 0.05) is 23.1 Å². The molecule has 0 saturated heterocycles. The van der Waals surface area contributed by atoms with Gasteiger partial charge in [0.25, 0.3) is 0 Å². The van der Waals surface area contributed by atoms with E-state index in [9.17, 15) is 0 Å². The molecule has 0 atom stereocenters. The van der Waals surface area contributed by atoms with Crippen LogP contribution in [0.3, 0.4) is 0 Å². The summed E-state index contributed by atoms with van der Waals surface area (Å²) >= 11 is 0. The normalized spacial score (nSPS) is 12.9. The molecule has 0 spiro atoms. The summed E-state index contributed by atoms with van der Waals surface area (Å²) in [5.74, 6) is 0. The average molecular weight is 222 g/mol. The van der Waals surface area contributed by atoms with Gasteiger partial charge in [-0.05, 0) is 22.9 Å². The molecule has 84 valence electrons. The Balaban J connectivity index is 2.38. The minimum Gasteiger partial charge on any atom is -0.357 e. The predicted octanol–water partition coefficient (Wildman–Crippen LogP) is 1.01. The Morgan fingerprint density at radius 3 is 2.59 bits per heavy atom. The Morgan fingerprint density at radius 1 is 0.941 bits per heavy atom. The Morgan fingerprint density at radius 2 is 1.71 bits per heavy atom. The second-order valence-electron chi connectivity index (χ2n) is 4.13. The molecule has 1 aliphatic rings. The van der Waals surface area contributed by atoms with Gasteiger partial charge >= 0.3 is 0 Å². The van der Waals surface area contributed by atoms with E-state index < -0.39 is 0 Å². The zero-order valence-corrected chi connectivity index (χ0v) is 9.48. The lowest BCUT2D eigenvalue weighted by molar-refractivity contribution is 1.23. The van der Waals surface area contributed by atoms with E-state index in [0.29, 0.717) is 6.54 Å². The first kappa shape index (κ1) is 10.1. The summed E-state index contributed by atoms with van der Waals surface area (Å²) in [4.78, 5) is 0. The van der Waals surface area contributed by atoms with Crippen LogP contribution in [0, 0.1) is 0 Å². The summed E-state index contributed by atoms with van der Waals surface area (Å²) in [5.41, 5.74) is 9.21. The molecule has 0 aliphatic carbocycles. The zero-order chi connectivity index (χ0) is 11.7. The monoisotopic (exact) mass is 222 g/mol. The number of fused-ring (bicyclic) bond motifs is 2. The van der Waals surface area contributed by atoms with Crippen molar-refractivity contribution in [1.29, 1.82) is 0 Å². The van der Waals surface area contributed by atoms with Crippen molar-refractivity contribution in [2.45, 2.75) is 0 Å². The van der Waals surface area contributed by atoms with Crippen LogP contribution < -0.4 is 21.5 Å². The maximum Gasteiger partial charge on any atom is 0.0456 e. The summed E-state index contributed by atoms with van der Waals surface area (Å²) < 4.78 is 0. The highest BCUT2D eigenvalue weighted by atomic mass is 14.9. The Bertz CT molecular complexity index is 671. The summed E-state index contributed by atoms with van der Waals surface area (Å²) in [6.07, 6.45) is 2.19. The Labute approximate surface area is 100 Å². The van der Waals surface area contributed by atoms with E-state index in [4.69, 9.17) is 5.73 Å². The van der Waals surface area contributed by atoms with Crippen molar-refractivity contribution in [3.63, 3.8) is 0 Å². The third kappa shape index (κ3) is 1.73. The molecule has 0 fully saturated rings. The lowest BCUT2D eigenvalue weighted by Crippen LogP contribution is -2.30. The van der Waals surface area contributed by atoms with Gasteiger partial charge in [-0.1, -0.05) is 42.5 Å². The SMILES string of the molecule is NCC1=c2ccccc2=Cc2ccccc2N1. The van der Waals surface area contributed by atoms with Crippen molar-refractivity contribution < 1.29 is 0 Å². The fraction of sp³-hybridized carbons (Fsp3) is 0.0667. The fourth-order valence-corrected chi connectivity index (χ4v) is 2.19. The van der Waals surface area contributed by atoms with Crippen LogP contribution in [0.2, 0.25) is 0 Å². The highest BCUT2D eigenvalue weighted by molar-refractivity contribution is 5.77. The number of hydrogen-bond donors (Lipinski definition) is 2. The van der Waals surface area contributed by atoms with E-state index >= 15 is 0 Å². The van der Waals surface area contributed by atoms with Crippen molar-refractivity contribution in [2.24, 2.45) is 5.73 Å². The standard InChI is InChI=1S/C15H14N2/c16-10-15-13-7-3-1-5-11(13)9-12-6-2-4-8-14(12)17-15/h1-9,17H,10,16H2. The van der Waals surface area contributed by atoms with Crippen LogP contribution >= 0.6 is 0 Å². The molecule has 1 aliphatic heterocycles. The molecule has 17 heavy (non-hydrogen) atoms. The molecule has 3 rings (SSSR count). The lowest BCUT2D eigenvalue weighted by Gasteiger charge is -2.09. The first-order valence-electron chi connectivity index (χ1n) is 5.74. The van der Waals surface area contributed by atoms with Gasteiger partial charge < -0.3 is 11.1 Å². The molecule has 3 N–H and O–H groups in total. The van der Waals surface area contributed by atoms with Gasteiger partial charge in [-0.3, -0.25) is 0 Å². The summed E-state index contributed by atoms with van der Waals surface area (Å²) in [5, 5.41) is 5.83. The second kappa shape index (κ2) is 4.07.